The third-order valence-corrected chi connectivity index (χ3v) is 9.45. The van der Waals surface area contributed by atoms with Crippen LogP contribution in [0.4, 0.5) is 4.39 Å². The van der Waals surface area contributed by atoms with E-state index in [-0.39, 0.29) is 24.5 Å². The molecule has 0 aromatic carbocycles. The first kappa shape index (κ1) is 22.6. The molecule has 0 aromatic heterocycles. The number of halogens is 1. The van der Waals surface area contributed by atoms with Crippen LogP contribution in [-0.4, -0.2) is 51.7 Å². The lowest BCUT2D eigenvalue weighted by molar-refractivity contribution is -0.228. The highest BCUT2D eigenvalue weighted by molar-refractivity contribution is 5.92. The van der Waals surface area contributed by atoms with Gasteiger partial charge in [0.15, 0.2) is 12.4 Å². The van der Waals surface area contributed by atoms with Crippen LogP contribution in [0, 0.1) is 28.6 Å². The molecule has 3 fully saturated rings. The molecule has 0 aromatic rings. The van der Waals surface area contributed by atoms with Gasteiger partial charge in [-0.25, -0.2) is 4.39 Å². The zero-order chi connectivity index (χ0) is 23.0. The molecule has 8 unspecified atom stereocenters. The number of carbonyl (C=O) groups is 3. The molecule has 4 aliphatic rings. The molecule has 7 heteroatoms. The predicted octanol–water partition coefficient (Wildman–Crippen LogP) is 2.69. The number of aliphatic hydroxyl groups is 2. The Balaban J connectivity index is 1.75. The van der Waals surface area contributed by atoms with Crippen LogP contribution in [0.15, 0.2) is 11.6 Å². The summed E-state index contributed by atoms with van der Waals surface area (Å²) in [7, 11) is 0. The van der Waals surface area contributed by atoms with Crippen molar-refractivity contribution in [3.8, 4) is 0 Å². The van der Waals surface area contributed by atoms with Gasteiger partial charge >= 0.3 is 5.97 Å². The molecule has 172 valence electrons. The number of allylic oxidation sites excluding steroid dienone is 1. The minimum Gasteiger partial charge on any atom is -0.458 e. The van der Waals surface area contributed by atoms with E-state index in [4.69, 9.17) is 4.74 Å². The van der Waals surface area contributed by atoms with Crippen LogP contribution >= 0.6 is 0 Å². The summed E-state index contributed by atoms with van der Waals surface area (Å²) in [5.41, 5.74) is -4.93. The number of hydrogen-bond donors (Lipinski definition) is 2. The van der Waals surface area contributed by atoms with Crippen molar-refractivity contribution in [1.29, 1.82) is 0 Å². The van der Waals surface area contributed by atoms with E-state index in [0.29, 0.717) is 25.7 Å². The van der Waals surface area contributed by atoms with Crippen LogP contribution < -0.4 is 0 Å². The normalized spacial score (nSPS) is 48.9. The molecule has 8 atom stereocenters. The summed E-state index contributed by atoms with van der Waals surface area (Å²) < 4.78 is 21.9. The number of rotatable bonds is 3. The number of Topliss-reactive ketones (excluding diaryl/α,β-unsaturated/α-hetero) is 1. The van der Waals surface area contributed by atoms with E-state index in [0.717, 1.165) is 5.57 Å². The number of hydrogen-bond acceptors (Lipinski definition) is 6. The van der Waals surface area contributed by atoms with Crippen molar-refractivity contribution in [3.05, 3.63) is 11.6 Å². The van der Waals surface area contributed by atoms with Crippen molar-refractivity contribution in [2.24, 2.45) is 28.6 Å². The van der Waals surface area contributed by atoms with E-state index in [1.54, 1.807) is 19.9 Å². The van der Waals surface area contributed by atoms with E-state index in [1.165, 1.54) is 6.92 Å². The van der Waals surface area contributed by atoms with Crippen molar-refractivity contribution >= 4 is 17.5 Å². The van der Waals surface area contributed by atoms with Crippen molar-refractivity contribution in [3.63, 3.8) is 0 Å². The summed E-state index contributed by atoms with van der Waals surface area (Å²) >= 11 is 0. The maximum atomic E-state index is 17.1. The molecular weight excluding hydrogens is 403 g/mol. The number of fused-ring (bicyclic) bond motifs is 5. The van der Waals surface area contributed by atoms with Crippen LogP contribution in [-0.2, 0) is 19.1 Å². The second-order valence-electron chi connectivity index (χ2n) is 10.7. The Morgan fingerprint density at radius 3 is 2.58 bits per heavy atom. The number of esters is 1. The topological polar surface area (TPSA) is 101 Å². The Labute approximate surface area is 182 Å². The van der Waals surface area contributed by atoms with E-state index in [2.05, 4.69) is 0 Å². The fraction of sp³-hybridized carbons (Fsp3) is 0.792. The largest absolute Gasteiger partial charge is 0.458 e. The first-order valence-corrected chi connectivity index (χ1v) is 11.3. The summed E-state index contributed by atoms with van der Waals surface area (Å²) in [6.07, 6.45) is 2.24. The third-order valence-electron chi connectivity index (χ3n) is 9.45. The average molecular weight is 437 g/mol. The number of alkyl halides is 1. The molecule has 6 nitrogen and oxygen atoms in total. The molecule has 0 heterocycles. The monoisotopic (exact) mass is 436 g/mol. The van der Waals surface area contributed by atoms with Gasteiger partial charge in [0.25, 0.3) is 0 Å². The molecule has 0 saturated heterocycles. The number of ether oxygens (including phenoxy) is 1. The SMILES string of the molecule is CC(=O)OCC(=O)C1(O)C(C)CC2C3CCC4=CC(=O)CCC4(C)C3(F)C(O)CC21C. The summed E-state index contributed by atoms with van der Waals surface area (Å²) in [5.74, 6) is -2.50. The molecule has 2 N–H and O–H groups in total. The van der Waals surface area contributed by atoms with Gasteiger partial charge in [-0.05, 0) is 50.0 Å². The van der Waals surface area contributed by atoms with Crippen molar-refractivity contribution in [2.45, 2.75) is 83.6 Å². The van der Waals surface area contributed by atoms with Crippen LogP contribution in [0.25, 0.3) is 0 Å². The van der Waals surface area contributed by atoms with Gasteiger partial charge in [-0.3, -0.25) is 14.4 Å². The van der Waals surface area contributed by atoms with Crippen molar-refractivity contribution < 1.29 is 33.7 Å². The highest BCUT2D eigenvalue weighted by atomic mass is 19.1. The van der Waals surface area contributed by atoms with Gasteiger partial charge in [-0.2, -0.15) is 0 Å². The first-order chi connectivity index (χ1) is 14.3. The summed E-state index contributed by atoms with van der Waals surface area (Å²) in [6.45, 7) is 6.03. The van der Waals surface area contributed by atoms with Gasteiger partial charge in [0.2, 0.25) is 5.78 Å². The van der Waals surface area contributed by atoms with Gasteiger partial charge in [0.1, 0.15) is 11.3 Å². The Morgan fingerprint density at radius 2 is 1.94 bits per heavy atom. The molecule has 0 radical (unpaired) electrons. The lowest BCUT2D eigenvalue weighted by Gasteiger charge is -2.63. The quantitative estimate of drug-likeness (QED) is 0.660. The van der Waals surface area contributed by atoms with E-state index in [1.807, 2.05) is 6.92 Å². The third kappa shape index (κ3) is 2.71. The zero-order valence-corrected chi connectivity index (χ0v) is 18.7. The second kappa shape index (κ2) is 6.95. The molecule has 0 spiro atoms. The van der Waals surface area contributed by atoms with Crippen molar-refractivity contribution in [2.75, 3.05) is 6.61 Å². The van der Waals surface area contributed by atoms with Gasteiger partial charge in [-0.15, -0.1) is 0 Å². The Bertz CT molecular complexity index is 868. The summed E-state index contributed by atoms with van der Waals surface area (Å²) in [5, 5.41) is 23.0. The predicted molar refractivity (Wildman–Crippen MR) is 110 cm³/mol. The highest BCUT2D eigenvalue weighted by Gasteiger charge is 2.75. The molecule has 3 saturated carbocycles. The molecule has 0 amide bonds. The summed E-state index contributed by atoms with van der Waals surface area (Å²) in [6, 6.07) is 0. The summed E-state index contributed by atoms with van der Waals surface area (Å²) in [4.78, 5) is 36.3. The number of carbonyl (C=O) groups excluding carboxylic acids is 3. The van der Waals surface area contributed by atoms with E-state index < -0.39 is 58.4 Å². The van der Waals surface area contributed by atoms with Crippen LogP contribution in [0.1, 0.15) is 66.2 Å². The Kier molecular flexibility index (Phi) is 5.06. The maximum Gasteiger partial charge on any atom is 0.303 e. The smallest absolute Gasteiger partial charge is 0.303 e. The van der Waals surface area contributed by atoms with Crippen molar-refractivity contribution in [1.82, 2.24) is 0 Å². The fourth-order valence-electron chi connectivity index (χ4n) is 7.78. The van der Waals surface area contributed by atoms with Gasteiger partial charge in [-0.1, -0.05) is 26.3 Å². The van der Waals surface area contributed by atoms with E-state index in [9.17, 15) is 24.6 Å². The molecule has 31 heavy (non-hydrogen) atoms. The minimum absolute atomic E-state index is 0.00425. The number of ketones is 2. The average Bonchev–Trinajstić information content (AvgIpc) is 2.89. The molecule has 4 aliphatic carbocycles. The molecule has 0 bridgehead atoms. The Morgan fingerprint density at radius 1 is 1.26 bits per heavy atom. The molecular formula is C24H33FO6. The fourth-order valence-corrected chi connectivity index (χ4v) is 7.78. The molecule has 0 aliphatic heterocycles. The standard InChI is InChI=1S/C24H33FO6/c1-13-9-18-17-6-5-15-10-16(27)7-8-21(15,3)23(17,25)19(28)11-22(18,4)24(13,30)20(29)12-31-14(2)26/h10,13,17-19,28,30H,5-9,11-12H2,1-4H3. The van der Waals surface area contributed by atoms with Gasteiger partial charge in [0.05, 0.1) is 6.10 Å². The first-order valence-electron chi connectivity index (χ1n) is 11.3. The lowest BCUT2D eigenvalue weighted by Crippen LogP contribution is -2.70. The minimum atomic E-state index is -1.92. The molecule has 4 rings (SSSR count). The van der Waals surface area contributed by atoms with Gasteiger partial charge < -0.3 is 14.9 Å². The van der Waals surface area contributed by atoms with Crippen LogP contribution in [0.5, 0.6) is 0 Å². The maximum absolute atomic E-state index is 17.1. The second-order valence-corrected chi connectivity index (χ2v) is 10.7. The lowest BCUT2D eigenvalue weighted by atomic mass is 9.44. The highest BCUT2D eigenvalue weighted by Crippen LogP contribution is 2.71. The van der Waals surface area contributed by atoms with Crippen LogP contribution in [0.2, 0.25) is 0 Å². The van der Waals surface area contributed by atoms with Crippen LogP contribution in [0.3, 0.4) is 0 Å². The van der Waals surface area contributed by atoms with Gasteiger partial charge in [0, 0.05) is 30.1 Å². The van der Waals surface area contributed by atoms with E-state index >= 15 is 4.39 Å². The zero-order valence-electron chi connectivity index (χ0n) is 18.7. The Hall–Kier alpha value is -1.60. The number of aliphatic hydroxyl groups excluding tert-OH is 1.